The third kappa shape index (κ3) is 5.02. The summed E-state index contributed by atoms with van der Waals surface area (Å²) in [6.45, 7) is 1.70. The number of sulfonamides is 1. The predicted octanol–water partition coefficient (Wildman–Crippen LogP) is 1.72. The lowest BCUT2D eigenvalue weighted by Crippen LogP contribution is -2.44. The summed E-state index contributed by atoms with van der Waals surface area (Å²) in [5.74, 6) is -0.437. The van der Waals surface area contributed by atoms with Gasteiger partial charge in [-0.25, -0.2) is 8.42 Å². The van der Waals surface area contributed by atoms with Gasteiger partial charge in [0.1, 0.15) is 0 Å². The second-order valence-electron chi connectivity index (χ2n) is 4.84. The molecular formula is C15H16ClN3O3S. The van der Waals surface area contributed by atoms with E-state index in [1.807, 2.05) is 0 Å². The van der Waals surface area contributed by atoms with Crippen LogP contribution in [-0.4, -0.2) is 25.4 Å². The molecule has 2 N–H and O–H groups in total. The quantitative estimate of drug-likeness (QED) is 0.827. The molecule has 1 aromatic carbocycles. The number of carbonyl (C=O) groups excluding carboxylic acids is 1. The van der Waals surface area contributed by atoms with Crippen molar-refractivity contribution in [3.63, 3.8) is 0 Å². The Kier molecular flexibility index (Phi) is 5.70. The Bertz CT molecular complexity index is 764. The summed E-state index contributed by atoms with van der Waals surface area (Å²) < 4.78 is 26.7. The van der Waals surface area contributed by atoms with Crippen LogP contribution < -0.4 is 10.0 Å². The number of rotatable bonds is 6. The Morgan fingerprint density at radius 3 is 2.52 bits per heavy atom. The molecule has 1 amide bonds. The fraction of sp³-hybridized carbons (Fsp3) is 0.200. The van der Waals surface area contributed by atoms with Gasteiger partial charge in [-0.1, -0.05) is 17.7 Å². The Morgan fingerprint density at radius 1 is 1.22 bits per heavy atom. The first-order valence-electron chi connectivity index (χ1n) is 6.84. The van der Waals surface area contributed by atoms with E-state index in [1.165, 1.54) is 31.2 Å². The number of benzene rings is 1. The number of aromatic nitrogens is 1. The standard InChI is InChI=1S/C15H16ClN3O3S/c1-11(15(20)18-10-13-4-2-3-9-17-13)19-23(21,22)14-7-5-12(16)6-8-14/h2-9,11,19H,10H2,1H3,(H,18,20)/t11-/m0/s1. The molecule has 0 saturated carbocycles. The minimum Gasteiger partial charge on any atom is -0.349 e. The zero-order valence-electron chi connectivity index (χ0n) is 12.4. The first kappa shape index (κ1) is 17.4. The highest BCUT2D eigenvalue weighted by Crippen LogP contribution is 2.14. The van der Waals surface area contributed by atoms with Crippen molar-refractivity contribution >= 4 is 27.5 Å². The lowest BCUT2D eigenvalue weighted by Gasteiger charge is -2.14. The average molecular weight is 354 g/mol. The number of nitrogens with zero attached hydrogens (tertiary/aromatic N) is 1. The van der Waals surface area contributed by atoms with Crippen LogP contribution in [0.2, 0.25) is 5.02 Å². The molecule has 122 valence electrons. The molecule has 0 bridgehead atoms. The van der Waals surface area contributed by atoms with E-state index in [4.69, 9.17) is 11.6 Å². The van der Waals surface area contributed by atoms with Crippen molar-refractivity contribution in [2.45, 2.75) is 24.4 Å². The molecule has 2 rings (SSSR count). The van der Waals surface area contributed by atoms with Gasteiger partial charge in [-0.3, -0.25) is 9.78 Å². The Labute approximate surface area is 139 Å². The highest BCUT2D eigenvalue weighted by Gasteiger charge is 2.21. The molecule has 0 saturated heterocycles. The first-order valence-corrected chi connectivity index (χ1v) is 8.70. The maximum absolute atomic E-state index is 12.2. The van der Waals surface area contributed by atoms with Crippen LogP contribution in [-0.2, 0) is 21.4 Å². The van der Waals surface area contributed by atoms with Crippen molar-refractivity contribution < 1.29 is 13.2 Å². The van der Waals surface area contributed by atoms with Gasteiger partial charge in [0, 0.05) is 11.2 Å². The van der Waals surface area contributed by atoms with Gasteiger partial charge in [0.2, 0.25) is 15.9 Å². The summed E-state index contributed by atoms with van der Waals surface area (Å²) in [5.41, 5.74) is 0.689. The van der Waals surface area contributed by atoms with E-state index >= 15 is 0 Å². The molecule has 0 spiro atoms. The SMILES string of the molecule is C[C@H](NS(=O)(=O)c1ccc(Cl)cc1)C(=O)NCc1ccccn1. The lowest BCUT2D eigenvalue weighted by atomic mass is 10.3. The molecule has 1 heterocycles. The number of hydrogen-bond acceptors (Lipinski definition) is 4. The summed E-state index contributed by atoms with van der Waals surface area (Å²) in [7, 11) is -3.79. The molecule has 1 atom stereocenters. The molecule has 23 heavy (non-hydrogen) atoms. The van der Waals surface area contributed by atoms with Crippen molar-refractivity contribution in [3.05, 3.63) is 59.4 Å². The summed E-state index contributed by atoms with van der Waals surface area (Å²) in [6, 6.07) is 10.1. The molecule has 0 radical (unpaired) electrons. The summed E-state index contributed by atoms with van der Waals surface area (Å²) in [6.07, 6.45) is 1.62. The molecule has 8 heteroatoms. The van der Waals surface area contributed by atoms with Crippen molar-refractivity contribution in [1.82, 2.24) is 15.0 Å². The van der Waals surface area contributed by atoms with E-state index in [9.17, 15) is 13.2 Å². The largest absolute Gasteiger partial charge is 0.349 e. The van der Waals surface area contributed by atoms with Gasteiger partial charge in [-0.2, -0.15) is 4.72 Å². The zero-order valence-corrected chi connectivity index (χ0v) is 13.9. The second-order valence-corrected chi connectivity index (χ2v) is 6.99. The number of pyridine rings is 1. The van der Waals surface area contributed by atoms with Gasteiger partial charge in [0.25, 0.3) is 0 Å². The smallest absolute Gasteiger partial charge is 0.241 e. The molecule has 0 fully saturated rings. The van der Waals surface area contributed by atoms with Gasteiger partial charge in [-0.15, -0.1) is 0 Å². The van der Waals surface area contributed by atoms with Crippen molar-refractivity contribution in [2.75, 3.05) is 0 Å². The van der Waals surface area contributed by atoms with E-state index in [0.717, 1.165) is 0 Å². The number of amides is 1. The minimum absolute atomic E-state index is 0.0475. The molecule has 6 nitrogen and oxygen atoms in total. The van der Waals surface area contributed by atoms with Crippen molar-refractivity contribution in [3.8, 4) is 0 Å². The minimum atomic E-state index is -3.79. The van der Waals surface area contributed by atoms with Crippen LogP contribution in [0.25, 0.3) is 0 Å². The van der Waals surface area contributed by atoms with E-state index in [2.05, 4.69) is 15.0 Å². The van der Waals surface area contributed by atoms with Gasteiger partial charge in [0.15, 0.2) is 0 Å². The molecule has 0 unspecified atom stereocenters. The number of hydrogen-bond donors (Lipinski definition) is 2. The molecular weight excluding hydrogens is 338 g/mol. The van der Waals surface area contributed by atoms with E-state index in [1.54, 1.807) is 24.4 Å². The fourth-order valence-electron chi connectivity index (χ4n) is 1.80. The lowest BCUT2D eigenvalue weighted by molar-refractivity contribution is -0.122. The Balaban J connectivity index is 1.96. The Morgan fingerprint density at radius 2 is 1.91 bits per heavy atom. The third-order valence-electron chi connectivity index (χ3n) is 3.02. The molecule has 1 aromatic heterocycles. The van der Waals surface area contributed by atoms with Gasteiger partial charge in [0.05, 0.1) is 23.2 Å². The number of halogens is 1. The summed E-state index contributed by atoms with van der Waals surface area (Å²) in [4.78, 5) is 16.1. The predicted molar refractivity (Wildman–Crippen MR) is 87.3 cm³/mol. The normalized spacial score (nSPS) is 12.6. The van der Waals surface area contributed by atoms with Crippen LogP contribution in [0.5, 0.6) is 0 Å². The van der Waals surface area contributed by atoms with Crippen molar-refractivity contribution in [1.29, 1.82) is 0 Å². The third-order valence-corrected chi connectivity index (χ3v) is 4.83. The van der Waals surface area contributed by atoms with Crippen LogP contribution >= 0.6 is 11.6 Å². The first-order chi connectivity index (χ1) is 10.9. The van der Waals surface area contributed by atoms with Crippen LogP contribution in [0.3, 0.4) is 0 Å². The van der Waals surface area contributed by atoms with Gasteiger partial charge >= 0.3 is 0 Å². The monoisotopic (exact) mass is 353 g/mol. The van der Waals surface area contributed by atoms with E-state index < -0.39 is 22.0 Å². The maximum atomic E-state index is 12.2. The highest BCUT2D eigenvalue weighted by molar-refractivity contribution is 7.89. The fourth-order valence-corrected chi connectivity index (χ4v) is 3.13. The van der Waals surface area contributed by atoms with E-state index in [-0.39, 0.29) is 11.4 Å². The molecule has 0 aliphatic carbocycles. The van der Waals surface area contributed by atoms with Crippen LogP contribution in [0.4, 0.5) is 0 Å². The topological polar surface area (TPSA) is 88.2 Å². The van der Waals surface area contributed by atoms with Gasteiger partial charge in [-0.05, 0) is 43.3 Å². The van der Waals surface area contributed by atoms with E-state index in [0.29, 0.717) is 10.7 Å². The molecule has 0 aliphatic rings. The molecule has 0 aliphatic heterocycles. The second kappa shape index (κ2) is 7.54. The van der Waals surface area contributed by atoms with Crippen LogP contribution in [0, 0.1) is 0 Å². The highest BCUT2D eigenvalue weighted by atomic mass is 35.5. The molecule has 2 aromatic rings. The number of carbonyl (C=O) groups is 1. The van der Waals surface area contributed by atoms with Crippen LogP contribution in [0.15, 0.2) is 53.6 Å². The summed E-state index contributed by atoms with van der Waals surface area (Å²) in [5, 5.41) is 3.07. The average Bonchev–Trinajstić information content (AvgIpc) is 2.53. The van der Waals surface area contributed by atoms with Crippen molar-refractivity contribution in [2.24, 2.45) is 0 Å². The van der Waals surface area contributed by atoms with Gasteiger partial charge < -0.3 is 5.32 Å². The Hall–Kier alpha value is -1.96. The summed E-state index contributed by atoms with van der Waals surface area (Å²) >= 11 is 5.73. The zero-order chi connectivity index (χ0) is 16.9. The van der Waals surface area contributed by atoms with Crippen LogP contribution in [0.1, 0.15) is 12.6 Å². The maximum Gasteiger partial charge on any atom is 0.241 e. The number of nitrogens with one attached hydrogen (secondary N) is 2.